The van der Waals surface area contributed by atoms with Crippen molar-refractivity contribution in [2.45, 2.75) is 38.3 Å². The van der Waals surface area contributed by atoms with Gasteiger partial charge in [-0.3, -0.25) is 0 Å². The van der Waals surface area contributed by atoms with Crippen molar-refractivity contribution in [1.29, 1.82) is 0 Å². The summed E-state index contributed by atoms with van der Waals surface area (Å²) in [6.07, 6.45) is 5.23. The van der Waals surface area contributed by atoms with Crippen molar-refractivity contribution in [2.75, 3.05) is 36.6 Å². The lowest BCUT2D eigenvalue weighted by molar-refractivity contribution is 0.220. The van der Waals surface area contributed by atoms with E-state index in [0.717, 1.165) is 49.4 Å². The van der Waals surface area contributed by atoms with Gasteiger partial charge in [-0.15, -0.1) is 0 Å². The van der Waals surface area contributed by atoms with Gasteiger partial charge in [-0.2, -0.15) is 11.8 Å². The summed E-state index contributed by atoms with van der Waals surface area (Å²) in [4.78, 5) is 2.34. The lowest BCUT2D eigenvalue weighted by Gasteiger charge is -2.36. The van der Waals surface area contributed by atoms with Gasteiger partial charge in [0.25, 0.3) is 0 Å². The van der Waals surface area contributed by atoms with E-state index in [1.54, 1.807) is 6.07 Å². The molecule has 0 amide bonds. The maximum Gasteiger partial charge on any atom is 0.123 e. The molecule has 0 aromatic heterocycles. The van der Waals surface area contributed by atoms with Crippen molar-refractivity contribution in [2.24, 2.45) is 0 Å². The van der Waals surface area contributed by atoms with Crippen LogP contribution in [-0.4, -0.2) is 48.9 Å². The quantitative estimate of drug-likeness (QED) is 0.808. The fraction of sp³-hybridized carbons (Fsp3) is 0.647. The molecule has 3 nitrogen and oxygen atoms in total. The Labute approximate surface area is 137 Å². The summed E-state index contributed by atoms with van der Waals surface area (Å²) in [6, 6.07) is 5.70. The Morgan fingerprint density at radius 1 is 1.41 bits per heavy atom. The van der Waals surface area contributed by atoms with E-state index >= 15 is 0 Å². The normalized spacial score (nSPS) is 17.7. The van der Waals surface area contributed by atoms with Crippen LogP contribution in [0.4, 0.5) is 10.1 Å². The Balaban J connectivity index is 1.84. The molecule has 2 N–H and O–H groups in total. The number of halogens is 1. The Bertz CT molecular complexity index is 464. The summed E-state index contributed by atoms with van der Waals surface area (Å²) < 4.78 is 13.2. The fourth-order valence-electron chi connectivity index (χ4n) is 3.08. The fourth-order valence-corrected chi connectivity index (χ4v) is 3.60. The highest BCUT2D eigenvalue weighted by Gasteiger charge is 2.22. The minimum Gasteiger partial charge on any atom is -0.395 e. The smallest absolute Gasteiger partial charge is 0.123 e. The minimum absolute atomic E-state index is 0.169. The Morgan fingerprint density at radius 3 is 2.73 bits per heavy atom. The van der Waals surface area contributed by atoms with E-state index in [9.17, 15) is 9.50 Å². The van der Waals surface area contributed by atoms with Gasteiger partial charge in [0.05, 0.1) is 6.61 Å². The Morgan fingerprint density at radius 2 is 2.14 bits per heavy atom. The molecule has 0 aliphatic carbocycles. The number of aliphatic hydroxyl groups is 1. The molecule has 0 spiro atoms. The Kier molecular flexibility index (Phi) is 6.99. The average molecular weight is 326 g/mol. The molecule has 1 fully saturated rings. The first-order chi connectivity index (χ1) is 10.6. The largest absolute Gasteiger partial charge is 0.395 e. The van der Waals surface area contributed by atoms with Gasteiger partial charge in [0.15, 0.2) is 0 Å². The van der Waals surface area contributed by atoms with Gasteiger partial charge in [0.1, 0.15) is 5.82 Å². The molecule has 1 aromatic carbocycles. The lowest BCUT2D eigenvalue weighted by Crippen LogP contribution is -2.47. The van der Waals surface area contributed by atoms with Crippen LogP contribution in [-0.2, 0) is 0 Å². The van der Waals surface area contributed by atoms with Crippen LogP contribution in [0.25, 0.3) is 0 Å². The van der Waals surface area contributed by atoms with Gasteiger partial charge < -0.3 is 15.3 Å². The first kappa shape index (κ1) is 17.6. The van der Waals surface area contributed by atoms with Crippen molar-refractivity contribution in [3.05, 3.63) is 29.6 Å². The summed E-state index contributed by atoms with van der Waals surface area (Å²) in [7, 11) is 0. The van der Waals surface area contributed by atoms with Gasteiger partial charge in [-0.25, -0.2) is 4.39 Å². The number of nitrogens with zero attached hydrogens (tertiary/aromatic N) is 1. The zero-order chi connectivity index (χ0) is 15.9. The third-order valence-corrected chi connectivity index (χ3v) is 5.00. The number of aryl methyl sites for hydroxylation is 1. The van der Waals surface area contributed by atoms with Crippen LogP contribution in [0.15, 0.2) is 18.2 Å². The number of nitrogens with one attached hydrogen (secondary N) is 1. The van der Waals surface area contributed by atoms with Gasteiger partial charge in [0.2, 0.25) is 0 Å². The summed E-state index contributed by atoms with van der Waals surface area (Å²) >= 11 is 1.82. The van der Waals surface area contributed by atoms with Crippen LogP contribution in [0.1, 0.15) is 24.8 Å². The maximum absolute atomic E-state index is 13.2. The molecule has 22 heavy (non-hydrogen) atoms. The molecule has 1 aliphatic rings. The molecule has 0 radical (unpaired) electrons. The van der Waals surface area contributed by atoms with E-state index in [1.165, 1.54) is 6.07 Å². The Hall–Kier alpha value is -0.780. The van der Waals surface area contributed by atoms with E-state index in [2.05, 4.69) is 16.5 Å². The van der Waals surface area contributed by atoms with E-state index in [4.69, 9.17) is 0 Å². The second kappa shape index (κ2) is 8.75. The van der Waals surface area contributed by atoms with Crippen molar-refractivity contribution in [1.82, 2.24) is 5.32 Å². The van der Waals surface area contributed by atoms with E-state index in [0.29, 0.717) is 6.04 Å². The number of anilines is 1. The zero-order valence-corrected chi connectivity index (χ0v) is 14.3. The predicted octanol–water partition coefficient (Wildman–Crippen LogP) is 2.81. The van der Waals surface area contributed by atoms with Crippen molar-refractivity contribution < 1.29 is 9.50 Å². The van der Waals surface area contributed by atoms with Crippen molar-refractivity contribution in [3.8, 4) is 0 Å². The summed E-state index contributed by atoms with van der Waals surface area (Å²) in [5.74, 6) is 0.906. The molecule has 1 aromatic rings. The number of thioether (sulfide) groups is 1. The molecule has 1 atom stereocenters. The molecule has 0 unspecified atom stereocenters. The van der Waals surface area contributed by atoms with Gasteiger partial charge in [0, 0.05) is 30.9 Å². The maximum atomic E-state index is 13.2. The number of piperidine rings is 1. The van der Waals surface area contributed by atoms with Crippen LogP contribution in [0, 0.1) is 12.7 Å². The topological polar surface area (TPSA) is 35.5 Å². The zero-order valence-electron chi connectivity index (χ0n) is 13.5. The molecule has 1 aliphatic heterocycles. The van der Waals surface area contributed by atoms with Crippen LogP contribution in [0.2, 0.25) is 0 Å². The van der Waals surface area contributed by atoms with E-state index in [1.807, 2.05) is 24.8 Å². The molecule has 0 saturated carbocycles. The van der Waals surface area contributed by atoms with Crippen LogP contribution in [0.3, 0.4) is 0 Å². The molecule has 5 heteroatoms. The summed E-state index contributed by atoms with van der Waals surface area (Å²) in [5, 5.41) is 13.0. The molecule has 0 bridgehead atoms. The van der Waals surface area contributed by atoms with Gasteiger partial charge in [-0.1, -0.05) is 0 Å². The first-order valence-corrected chi connectivity index (χ1v) is 9.40. The SMILES string of the molecule is CSCC[C@@H](CO)NC1CCN(c2ccc(F)cc2C)CC1. The lowest BCUT2D eigenvalue weighted by atomic mass is 10.0. The number of aliphatic hydroxyl groups excluding tert-OH is 1. The second-order valence-corrected chi connectivity index (χ2v) is 7.01. The molecule has 124 valence electrons. The second-order valence-electron chi connectivity index (χ2n) is 6.02. The van der Waals surface area contributed by atoms with Crippen molar-refractivity contribution in [3.63, 3.8) is 0 Å². The molecule has 1 saturated heterocycles. The monoisotopic (exact) mass is 326 g/mol. The number of hydrogen-bond acceptors (Lipinski definition) is 4. The first-order valence-electron chi connectivity index (χ1n) is 8.01. The van der Waals surface area contributed by atoms with Crippen LogP contribution in [0.5, 0.6) is 0 Å². The molecular formula is C17H27FN2OS. The van der Waals surface area contributed by atoms with E-state index in [-0.39, 0.29) is 18.5 Å². The highest BCUT2D eigenvalue weighted by atomic mass is 32.2. The molecule has 1 heterocycles. The number of rotatable bonds is 7. The standard InChI is InChI=1S/C17H27FN2OS/c1-13-11-14(18)3-4-17(13)20-8-5-15(6-9-20)19-16(12-21)7-10-22-2/h3-4,11,15-16,19,21H,5-10,12H2,1-2H3/t16-/m0/s1. The van der Waals surface area contributed by atoms with Gasteiger partial charge >= 0.3 is 0 Å². The molecular weight excluding hydrogens is 299 g/mol. The third-order valence-electron chi connectivity index (χ3n) is 4.36. The summed E-state index contributed by atoms with van der Waals surface area (Å²) in [5.41, 5.74) is 2.14. The predicted molar refractivity (Wildman–Crippen MR) is 93.4 cm³/mol. The van der Waals surface area contributed by atoms with Crippen LogP contribution < -0.4 is 10.2 Å². The molecule has 2 rings (SSSR count). The third kappa shape index (κ3) is 4.86. The highest BCUT2D eigenvalue weighted by Crippen LogP contribution is 2.24. The number of hydrogen-bond donors (Lipinski definition) is 2. The minimum atomic E-state index is -0.169. The van der Waals surface area contributed by atoms with Crippen molar-refractivity contribution >= 4 is 17.4 Å². The number of benzene rings is 1. The van der Waals surface area contributed by atoms with Gasteiger partial charge in [-0.05, 0) is 62.0 Å². The van der Waals surface area contributed by atoms with E-state index < -0.39 is 0 Å². The van der Waals surface area contributed by atoms with Crippen LogP contribution >= 0.6 is 11.8 Å². The highest BCUT2D eigenvalue weighted by molar-refractivity contribution is 7.98. The summed E-state index contributed by atoms with van der Waals surface area (Å²) in [6.45, 7) is 4.13. The average Bonchev–Trinajstić information content (AvgIpc) is 2.52.